The Morgan fingerprint density at radius 2 is 2.12 bits per heavy atom. The summed E-state index contributed by atoms with van der Waals surface area (Å²) < 4.78 is 11.6. The van der Waals surface area contributed by atoms with Crippen molar-refractivity contribution in [3.8, 4) is 5.75 Å². The van der Waals surface area contributed by atoms with Crippen LogP contribution in [0.3, 0.4) is 0 Å². The SMILES string of the molecule is COCCNCc1ccc(OC(C)C)c(Br)c1. The maximum atomic E-state index is 5.66. The summed E-state index contributed by atoms with van der Waals surface area (Å²) in [7, 11) is 1.70. The second-order valence-electron chi connectivity index (χ2n) is 4.10. The van der Waals surface area contributed by atoms with Gasteiger partial charge in [-0.05, 0) is 47.5 Å². The minimum absolute atomic E-state index is 0.192. The lowest BCUT2D eigenvalue weighted by Gasteiger charge is -2.12. The van der Waals surface area contributed by atoms with E-state index in [2.05, 4.69) is 33.4 Å². The fourth-order valence-corrected chi connectivity index (χ4v) is 1.93. The average Bonchev–Trinajstić information content (AvgIpc) is 2.27. The van der Waals surface area contributed by atoms with Crippen LogP contribution in [0.15, 0.2) is 22.7 Å². The fraction of sp³-hybridized carbons (Fsp3) is 0.538. The van der Waals surface area contributed by atoms with Gasteiger partial charge in [-0.2, -0.15) is 0 Å². The Morgan fingerprint density at radius 1 is 1.35 bits per heavy atom. The third kappa shape index (κ3) is 5.52. The first-order valence-corrected chi connectivity index (χ1v) is 6.57. The molecule has 0 amide bonds. The van der Waals surface area contributed by atoms with Gasteiger partial charge in [-0.1, -0.05) is 6.07 Å². The van der Waals surface area contributed by atoms with Crippen LogP contribution < -0.4 is 10.1 Å². The van der Waals surface area contributed by atoms with Crippen LogP contribution in [-0.2, 0) is 11.3 Å². The Labute approximate surface area is 112 Å². The lowest BCUT2D eigenvalue weighted by Crippen LogP contribution is -2.18. The molecule has 4 heteroatoms. The molecule has 17 heavy (non-hydrogen) atoms. The zero-order valence-electron chi connectivity index (χ0n) is 10.6. The molecule has 3 nitrogen and oxygen atoms in total. The molecule has 0 atom stereocenters. The molecular weight excluding hydrogens is 282 g/mol. The molecule has 1 N–H and O–H groups in total. The number of hydrogen-bond donors (Lipinski definition) is 1. The predicted octanol–water partition coefficient (Wildman–Crippen LogP) is 2.97. The Balaban J connectivity index is 2.50. The molecule has 0 aliphatic rings. The van der Waals surface area contributed by atoms with Gasteiger partial charge < -0.3 is 14.8 Å². The zero-order chi connectivity index (χ0) is 12.7. The van der Waals surface area contributed by atoms with Crippen LogP contribution in [0.1, 0.15) is 19.4 Å². The van der Waals surface area contributed by atoms with Crippen LogP contribution >= 0.6 is 15.9 Å². The first kappa shape index (κ1) is 14.5. The van der Waals surface area contributed by atoms with Gasteiger partial charge in [0, 0.05) is 20.2 Å². The van der Waals surface area contributed by atoms with Crippen molar-refractivity contribution in [1.82, 2.24) is 5.32 Å². The third-order valence-electron chi connectivity index (χ3n) is 2.17. The quantitative estimate of drug-likeness (QED) is 0.786. The van der Waals surface area contributed by atoms with Gasteiger partial charge in [-0.15, -0.1) is 0 Å². The molecule has 0 bridgehead atoms. The van der Waals surface area contributed by atoms with Gasteiger partial charge in [0.05, 0.1) is 17.2 Å². The monoisotopic (exact) mass is 301 g/mol. The molecule has 0 aliphatic heterocycles. The van der Waals surface area contributed by atoms with Crippen LogP contribution in [0.2, 0.25) is 0 Å². The van der Waals surface area contributed by atoms with Gasteiger partial charge in [0.25, 0.3) is 0 Å². The molecular formula is C13H20BrNO2. The summed E-state index contributed by atoms with van der Waals surface area (Å²) in [5.74, 6) is 0.889. The number of rotatable bonds is 7. The molecule has 0 aromatic heterocycles. The number of nitrogens with one attached hydrogen (secondary N) is 1. The van der Waals surface area contributed by atoms with E-state index in [-0.39, 0.29) is 6.10 Å². The zero-order valence-corrected chi connectivity index (χ0v) is 12.2. The van der Waals surface area contributed by atoms with E-state index in [1.807, 2.05) is 19.9 Å². The minimum atomic E-state index is 0.192. The van der Waals surface area contributed by atoms with E-state index in [1.54, 1.807) is 7.11 Å². The fourth-order valence-electron chi connectivity index (χ4n) is 1.41. The van der Waals surface area contributed by atoms with Gasteiger partial charge in [-0.3, -0.25) is 0 Å². The molecule has 1 aromatic rings. The van der Waals surface area contributed by atoms with E-state index in [0.29, 0.717) is 0 Å². The first-order chi connectivity index (χ1) is 8.13. The Morgan fingerprint density at radius 3 is 2.71 bits per heavy atom. The van der Waals surface area contributed by atoms with Crippen LogP contribution in [0.4, 0.5) is 0 Å². The average molecular weight is 302 g/mol. The Bertz CT molecular complexity index is 342. The standard InChI is InChI=1S/C13H20BrNO2/c1-10(2)17-13-5-4-11(8-12(13)14)9-15-6-7-16-3/h4-5,8,10,15H,6-7,9H2,1-3H3. The van der Waals surface area contributed by atoms with Gasteiger partial charge in [0.2, 0.25) is 0 Å². The van der Waals surface area contributed by atoms with Crippen LogP contribution in [0.5, 0.6) is 5.75 Å². The first-order valence-electron chi connectivity index (χ1n) is 5.78. The number of benzene rings is 1. The summed E-state index contributed by atoms with van der Waals surface area (Å²) in [6.07, 6.45) is 0.192. The van der Waals surface area contributed by atoms with Crippen molar-refractivity contribution in [2.24, 2.45) is 0 Å². The summed E-state index contributed by atoms with van der Waals surface area (Å²) in [6, 6.07) is 6.15. The van der Waals surface area contributed by atoms with Crippen LogP contribution in [0.25, 0.3) is 0 Å². The Hall–Kier alpha value is -0.580. The highest BCUT2D eigenvalue weighted by atomic mass is 79.9. The van der Waals surface area contributed by atoms with Crippen molar-refractivity contribution in [3.05, 3.63) is 28.2 Å². The van der Waals surface area contributed by atoms with Gasteiger partial charge in [-0.25, -0.2) is 0 Å². The highest BCUT2D eigenvalue weighted by Gasteiger charge is 2.04. The molecule has 1 aromatic carbocycles. The molecule has 96 valence electrons. The summed E-state index contributed by atoms with van der Waals surface area (Å²) in [6.45, 7) is 6.47. The molecule has 0 saturated heterocycles. The van der Waals surface area contributed by atoms with Gasteiger partial charge in [0.1, 0.15) is 5.75 Å². The van der Waals surface area contributed by atoms with E-state index in [1.165, 1.54) is 5.56 Å². The van der Waals surface area contributed by atoms with Crippen molar-refractivity contribution < 1.29 is 9.47 Å². The maximum Gasteiger partial charge on any atom is 0.133 e. The highest BCUT2D eigenvalue weighted by molar-refractivity contribution is 9.10. The van der Waals surface area contributed by atoms with Gasteiger partial charge in [0.15, 0.2) is 0 Å². The van der Waals surface area contributed by atoms with E-state index in [0.717, 1.165) is 29.9 Å². The normalized spacial score (nSPS) is 10.9. The van der Waals surface area contributed by atoms with Crippen molar-refractivity contribution in [1.29, 1.82) is 0 Å². The molecule has 0 fully saturated rings. The smallest absolute Gasteiger partial charge is 0.133 e. The van der Waals surface area contributed by atoms with Crippen molar-refractivity contribution in [2.75, 3.05) is 20.3 Å². The highest BCUT2D eigenvalue weighted by Crippen LogP contribution is 2.26. The van der Waals surface area contributed by atoms with E-state index >= 15 is 0 Å². The minimum Gasteiger partial charge on any atom is -0.490 e. The van der Waals surface area contributed by atoms with Crippen molar-refractivity contribution in [2.45, 2.75) is 26.5 Å². The number of ether oxygens (including phenoxy) is 2. The summed E-state index contributed by atoms with van der Waals surface area (Å²) >= 11 is 3.52. The Kier molecular flexibility index (Phi) is 6.55. The third-order valence-corrected chi connectivity index (χ3v) is 2.79. The van der Waals surface area contributed by atoms with E-state index < -0.39 is 0 Å². The number of halogens is 1. The molecule has 0 unspecified atom stereocenters. The molecule has 0 aliphatic carbocycles. The van der Waals surface area contributed by atoms with Crippen LogP contribution in [-0.4, -0.2) is 26.4 Å². The molecule has 0 radical (unpaired) electrons. The predicted molar refractivity (Wildman–Crippen MR) is 73.5 cm³/mol. The second kappa shape index (κ2) is 7.69. The van der Waals surface area contributed by atoms with Crippen molar-refractivity contribution >= 4 is 15.9 Å². The number of methoxy groups -OCH3 is 1. The lowest BCUT2D eigenvalue weighted by atomic mass is 10.2. The van der Waals surface area contributed by atoms with Crippen molar-refractivity contribution in [3.63, 3.8) is 0 Å². The maximum absolute atomic E-state index is 5.66. The van der Waals surface area contributed by atoms with Gasteiger partial charge >= 0.3 is 0 Å². The largest absolute Gasteiger partial charge is 0.490 e. The van der Waals surface area contributed by atoms with E-state index in [9.17, 15) is 0 Å². The lowest BCUT2D eigenvalue weighted by molar-refractivity contribution is 0.199. The van der Waals surface area contributed by atoms with E-state index in [4.69, 9.17) is 9.47 Å². The number of hydrogen-bond acceptors (Lipinski definition) is 3. The molecule has 0 saturated carbocycles. The van der Waals surface area contributed by atoms with Crippen LogP contribution in [0, 0.1) is 0 Å². The summed E-state index contributed by atoms with van der Waals surface area (Å²) in [5, 5.41) is 3.30. The molecule has 1 rings (SSSR count). The summed E-state index contributed by atoms with van der Waals surface area (Å²) in [5.41, 5.74) is 1.23. The molecule has 0 spiro atoms. The topological polar surface area (TPSA) is 30.5 Å². The molecule has 0 heterocycles. The summed E-state index contributed by atoms with van der Waals surface area (Å²) in [4.78, 5) is 0. The second-order valence-corrected chi connectivity index (χ2v) is 4.96.